The highest BCUT2D eigenvalue weighted by molar-refractivity contribution is 7.80. The predicted octanol–water partition coefficient (Wildman–Crippen LogP) is 0.650. The minimum Gasteiger partial charge on any atom is -0.302 e. The summed E-state index contributed by atoms with van der Waals surface area (Å²) in [6.45, 7) is 3.16. The van der Waals surface area contributed by atoms with Crippen molar-refractivity contribution in [2.75, 3.05) is 0 Å². The molecule has 3 N–H and O–H groups in total. The number of carbonyl (C=O) groups excluding carboxylic acids is 2. The topological polar surface area (TPSA) is 70.2 Å². The summed E-state index contributed by atoms with van der Waals surface area (Å²) < 4.78 is 0. The molecule has 5 nitrogen and oxygen atoms in total. The Morgan fingerprint density at radius 2 is 1.82 bits per heavy atom. The molecule has 90 valence electrons. The van der Waals surface area contributed by atoms with Gasteiger partial charge in [0.25, 0.3) is 5.91 Å². The minimum atomic E-state index is -0.309. The molecule has 2 amide bonds. The van der Waals surface area contributed by atoms with Crippen molar-refractivity contribution in [1.82, 2.24) is 16.2 Å². The predicted molar refractivity (Wildman–Crippen MR) is 68.2 cm³/mol. The zero-order valence-electron chi connectivity index (χ0n) is 9.53. The molecule has 1 aromatic rings. The number of aryl methyl sites for hydroxylation is 1. The van der Waals surface area contributed by atoms with Gasteiger partial charge in [-0.25, -0.2) is 0 Å². The Kier molecular flexibility index (Phi) is 4.59. The van der Waals surface area contributed by atoms with Gasteiger partial charge >= 0.3 is 0 Å². The maximum absolute atomic E-state index is 11.7. The molecule has 17 heavy (non-hydrogen) atoms. The molecule has 0 aliphatic heterocycles. The van der Waals surface area contributed by atoms with E-state index in [4.69, 9.17) is 12.2 Å². The number of benzene rings is 1. The Morgan fingerprint density at radius 3 is 2.41 bits per heavy atom. The molecule has 0 aliphatic carbocycles. The molecular weight excluding hydrogens is 238 g/mol. The van der Waals surface area contributed by atoms with Gasteiger partial charge in [0.05, 0.1) is 0 Å². The van der Waals surface area contributed by atoms with E-state index >= 15 is 0 Å². The van der Waals surface area contributed by atoms with Crippen molar-refractivity contribution in [3.63, 3.8) is 0 Å². The first-order valence-corrected chi connectivity index (χ1v) is 5.35. The number of hydrazine groups is 1. The van der Waals surface area contributed by atoms with E-state index in [0.717, 1.165) is 5.56 Å². The molecule has 1 rings (SSSR count). The number of rotatable bonds is 1. The average molecular weight is 251 g/mol. The monoisotopic (exact) mass is 251 g/mol. The van der Waals surface area contributed by atoms with Crippen LogP contribution < -0.4 is 16.2 Å². The second kappa shape index (κ2) is 5.95. The van der Waals surface area contributed by atoms with Crippen LogP contribution in [0.5, 0.6) is 0 Å². The van der Waals surface area contributed by atoms with E-state index in [1.54, 1.807) is 12.1 Å². The number of thiocarbonyl (C=S) groups is 1. The quantitative estimate of drug-likeness (QED) is 0.506. The summed E-state index contributed by atoms with van der Waals surface area (Å²) in [6, 6.07) is 7.16. The lowest BCUT2D eigenvalue weighted by Crippen LogP contribution is -2.48. The lowest BCUT2D eigenvalue weighted by Gasteiger charge is -2.10. The van der Waals surface area contributed by atoms with Crippen LogP contribution in [0.1, 0.15) is 22.8 Å². The van der Waals surface area contributed by atoms with Gasteiger partial charge in [-0.05, 0) is 30.8 Å². The van der Waals surface area contributed by atoms with E-state index < -0.39 is 0 Å². The van der Waals surface area contributed by atoms with Gasteiger partial charge in [0.1, 0.15) is 0 Å². The first kappa shape index (κ1) is 13.1. The van der Waals surface area contributed by atoms with Crippen LogP contribution in [0.25, 0.3) is 0 Å². The fourth-order valence-electron chi connectivity index (χ4n) is 1.20. The number of carbonyl (C=O) groups is 2. The molecule has 0 fully saturated rings. The number of amides is 2. The molecule has 0 heterocycles. The van der Waals surface area contributed by atoms with Crippen molar-refractivity contribution in [3.8, 4) is 0 Å². The van der Waals surface area contributed by atoms with E-state index in [1.165, 1.54) is 6.92 Å². The zero-order chi connectivity index (χ0) is 12.8. The molecule has 0 radical (unpaired) electrons. The molecule has 0 aliphatic rings. The molecule has 0 atom stereocenters. The Bertz CT molecular complexity index is 460. The molecule has 0 saturated carbocycles. The van der Waals surface area contributed by atoms with Crippen molar-refractivity contribution in [2.24, 2.45) is 0 Å². The fourth-order valence-corrected chi connectivity index (χ4v) is 1.39. The molecule has 6 heteroatoms. The van der Waals surface area contributed by atoms with Crippen molar-refractivity contribution in [3.05, 3.63) is 35.4 Å². The lowest BCUT2D eigenvalue weighted by atomic mass is 10.1. The van der Waals surface area contributed by atoms with Gasteiger partial charge in [0, 0.05) is 12.5 Å². The Hall–Kier alpha value is -1.95. The smallest absolute Gasteiger partial charge is 0.269 e. The number of hydrogen-bond acceptors (Lipinski definition) is 3. The third-order valence-corrected chi connectivity index (χ3v) is 2.17. The fraction of sp³-hybridized carbons (Fsp3) is 0.182. The van der Waals surface area contributed by atoms with Crippen LogP contribution in [0.3, 0.4) is 0 Å². The van der Waals surface area contributed by atoms with Gasteiger partial charge in [-0.3, -0.25) is 20.4 Å². The highest BCUT2D eigenvalue weighted by atomic mass is 32.1. The Labute approximate surface area is 105 Å². The van der Waals surface area contributed by atoms with Crippen LogP contribution in [-0.4, -0.2) is 16.9 Å². The van der Waals surface area contributed by atoms with E-state index in [-0.39, 0.29) is 16.9 Å². The van der Waals surface area contributed by atoms with Crippen LogP contribution in [0.2, 0.25) is 0 Å². The van der Waals surface area contributed by atoms with Gasteiger partial charge < -0.3 is 5.32 Å². The van der Waals surface area contributed by atoms with Gasteiger partial charge in [-0.1, -0.05) is 18.2 Å². The van der Waals surface area contributed by atoms with Crippen LogP contribution in [-0.2, 0) is 4.79 Å². The molecule has 0 bridgehead atoms. The molecule has 0 aromatic heterocycles. The normalized spacial score (nSPS) is 9.29. The van der Waals surface area contributed by atoms with Crippen LogP contribution in [0.15, 0.2) is 24.3 Å². The second-order valence-electron chi connectivity index (χ2n) is 3.40. The van der Waals surface area contributed by atoms with Gasteiger partial charge in [0.15, 0.2) is 5.11 Å². The minimum absolute atomic E-state index is 0.0550. The maximum atomic E-state index is 11.7. The van der Waals surface area contributed by atoms with E-state index in [9.17, 15) is 9.59 Å². The zero-order valence-corrected chi connectivity index (χ0v) is 10.4. The van der Waals surface area contributed by atoms with Crippen LogP contribution in [0, 0.1) is 6.92 Å². The maximum Gasteiger partial charge on any atom is 0.269 e. The Balaban J connectivity index is 2.54. The second-order valence-corrected chi connectivity index (χ2v) is 3.81. The summed E-state index contributed by atoms with van der Waals surface area (Å²) in [7, 11) is 0. The average Bonchev–Trinajstić information content (AvgIpc) is 2.25. The van der Waals surface area contributed by atoms with Gasteiger partial charge in [-0.2, -0.15) is 0 Å². The third-order valence-electron chi connectivity index (χ3n) is 1.97. The summed E-state index contributed by atoms with van der Waals surface area (Å²) in [6.07, 6.45) is 0. The first-order valence-electron chi connectivity index (χ1n) is 4.94. The van der Waals surface area contributed by atoms with Crippen molar-refractivity contribution >= 4 is 29.1 Å². The molecule has 0 spiro atoms. The Morgan fingerprint density at radius 1 is 1.18 bits per heavy atom. The molecule has 0 unspecified atom stereocenters. The SMILES string of the molecule is CC(=O)NC(=S)NNC(=O)c1ccccc1C. The summed E-state index contributed by atoms with van der Waals surface area (Å²) in [5.74, 6) is -0.608. The molecule has 1 aromatic carbocycles. The number of nitrogens with one attached hydrogen (secondary N) is 3. The van der Waals surface area contributed by atoms with Crippen molar-refractivity contribution in [2.45, 2.75) is 13.8 Å². The van der Waals surface area contributed by atoms with Crippen LogP contribution >= 0.6 is 12.2 Å². The summed E-state index contributed by atoms with van der Waals surface area (Å²) in [5, 5.41) is 2.39. The summed E-state index contributed by atoms with van der Waals surface area (Å²) in [4.78, 5) is 22.4. The van der Waals surface area contributed by atoms with Crippen molar-refractivity contribution in [1.29, 1.82) is 0 Å². The lowest BCUT2D eigenvalue weighted by molar-refractivity contribution is -0.117. The van der Waals surface area contributed by atoms with E-state index in [1.807, 2.05) is 19.1 Å². The summed E-state index contributed by atoms with van der Waals surface area (Å²) >= 11 is 4.77. The third kappa shape index (κ3) is 4.20. The molecular formula is C11H13N3O2S. The van der Waals surface area contributed by atoms with E-state index in [0.29, 0.717) is 5.56 Å². The van der Waals surface area contributed by atoms with Crippen LogP contribution in [0.4, 0.5) is 0 Å². The number of hydrogen-bond donors (Lipinski definition) is 3. The van der Waals surface area contributed by atoms with Crippen molar-refractivity contribution < 1.29 is 9.59 Å². The summed E-state index contributed by atoms with van der Waals surface area (Å²) in [5.41, 5.74) is 6.24. The standard InChI is InChI=1S/C11H13N3O2S/c1-7-5-3-4-6-9(7)10(16)13-14-11(17)12-8(2)15/h3-6H,1-2H3,(H,13,16)(H2,12,14,15,17). The highest BCUT2D eigenvalue weighted by Gasteiger charge is 2.07. The van der Waals surface area contributed by atoms with Gasteiger partial charge in [0.2, 0.25) is 5.91 Å². The highest BCUT2D eigenvalue weighted by Crippen LogP contribution is 2.05. The van der Waals surface area contributed by atoms with Gasteiger partial charge in [-0.15, -0.1) is 0 Å². The van der Waals surface area contributed by atoms with E-state index in [2.05, 4.69) is 16.2 Å². The molecule has 0 saturated heterocycles. The largest absolute Gasteiger partial charge is 0.302 e. The first-order chi connectivity index (χ1) is 8.00.